The Morgan fingerprint density at radius 3 is 2.34 bits per heavy atom. The molecule has 0 aliphatic rings. The van der Waals surface area contributed by atoms with Crippen molar-refractivity contribution >= 4 is 27.7 Å². The van der Waals surface area contributed by atoms with Crippen LogP contribution in [0, 0.1) is 13.8 Å². The molecule has 0 saturated carbocycles. The molecule has 0 fully saturated rings. The number of hydrogen-bond donors (Lipinski definition) is 1. The summed E-state index contributed by atoms with van der Waals surface area (Å²) in [5.41, 5.74) is 4.21. The van der Waals surface area contributed by atoms with Crippen LogP contribution in [-0.4, -0.2) is 28.8 Å². The number of rotatable bonds is 8. The van der Waals surface area contributed by atoms with Gasteiger partial charge >= 0.3 is 0 Å². The summed E-state index contributed by atoms with van der Waals surface area (Å²) in [4.78, 5) is 27.7. The van der Waals surface area contributed by atoms with Gasteiger partial charge in [-0.05, 0) is 62.9 Å². The quantitative estimate of drug-likeness (QED) is 0.608. The minimum absolute atomic E-state index is 0.0478. The summed E-state index contributed by atoms with van der Waals surface area (Å²) in [5.74, 6) is -0.167. The van der Waals surface area contributed by atoms with Crippen LogP contribution in [0.3, 0.4) is 0 Å². The maximum Gasteiger partial charge on any atom is 0.242 e. The summed E-state index contributed by atoms with van der Waals surface area (Å²) >= 11 is 3.44. The fraction of sp³-hybridized carbons (Fsp3) is 0.417. The molecule has 2 aromatic carbocycles. The molecule has 0 radical (unpaired) electrons. The zero-order valence-electron chi connectivity index (χ0n) is 18.0. The fourth-order valence-corrected chi connectivity index (χ4v) is 3.35. The van der Waals surface area contributed by atoms with Gasteiger partial charge in [-0.25, -0.2) is 0 Å². The lowest BCUT2D eigenvalue weighted by molar-refractivity contribution is -0.140. The van der Waals surface area contributed by atoms with Crippen LogP contribution >= 0.6 is 15.9 Å². The molecule has 4 nitrogen and oxygen atoms in total. The third-order valence-corrected chi connectivity index (χ3v) is 5.81. The first-order chi connectivity index (χ1) is 13.7. The topological polar surface area (TPSA) is 49.4 Å². The standard InChI is InChI=1S/C24H31BrN2O2/c1-6-18(4)26-24(29)19(5)27(15-20-9-11-22(25)12-10-20)23(28)14-21-13-16(2)7-8-17(21)3/h7-13,18-19H,6,14-15H2,1-5H3,(H,26,29)/t18-,19+/m1/s1. The van der Waals surface area contributed by atoms with E-state index in [9.17, 15) is 9.59 Å². The van der Waals surface area contributed by atoms with Crippen molar-refractivity contribution in [1.29, 1.82) is 0 Å². The third-order valence-electron chi connectivity index (χ3n) is 5.28. The molecule has 2 atom stereocenters. The van der Waals surface area contributed by atoms with Gasteiger partial charge in [0, 0.05) is 17.1 Å². The van der Waals surface area contributed by atoms with Crippen LogP contribution in [0.5, 0.6) is 0 Å². The van der Waals surface area contributed by atoms with E-state index in [0.29, 0.717) is 6.54 Å². The van der Waals surface area contributed by atoms with Crippen molar-refractivity contribution < 1.29 is 9.59 Å². The summed E-state index contributed by atoms with van der Waals surface area (Å²) in [6, 6.07) is 13.5. The molecule has 156 valence electrons. The van der Waals surface area contributed by atoms with Crippen LogP contribution in [0.15, 0.2) is 46.9 Å². The van der Waals surface area contributed by atoms with E-state index in [1.54, 1.807) is 11.8 Å². The molecule has 2 aromatic rings. The molecule has 0 heterocycles. The van der Waals surface area contributed by atoms with Crippen LogP contribution in [-0.2, 0) is 22.6 Å². The monoisotopic (exact) mass is 458 g/mol. The summed E-state index contributed by atoms with van der Waals surface area (Å²) in [6.45, 7) is 10.2. The molecule has 2 rings (SSSR count). The number of carbonyl (C=O) groups excluding carboxylic acids is 2. The second-order valence-electron chi connectivity index (χ2n) is 7.75. The Balaban J connectivity index is 2.26. The van der Waals surface area contributed by atoms with Gasteiger partial charge in [-0.1, -0.05) is 58.7 Å². The normalized spacial score (nSPS) is 12.9. The molecule has 0 aromatic heterocycles. The Kier molecular flexibility index (Phi) is 8.45. The predicted octanol–water partition coefficient (Wildman–Crippen LogP) is 4.94. The Morgan fingerprint density at radius 1 is 1.07 bits per heavy atom. The van der Waals surface area contributed by atoms with Crippen LogP contribution in [0.4, 0.5) is 0 Å². The predicted molar refractivity (Wildman–Crippen MR) is 122 cm³/mol. The SMILES string of the molecule is CC[C@@H](C)NC(=O)[C@H](C)N(Cc1ccc(Br)cc1)C(=O)Cc1cc(C)ccc1C. The largest absolute Gasteiger partial charge is 0.352 e. The molecule has 0 unspecified atom stereocenters. The van der Waals surface area contributed by atoms with Gasteiger partial charge in [-0.2, -0.15) is 0 Å². The van der Waals surface area contributed by atoms with Crippen LogP contribution in [0.1, 0.15) is 49.4 Å². The second kappa shape index (κ2) is 10.6. The van der Waals surface area contributed by atoms with Gasteiger partial charge in [0.2, 0.25) is 11.8 Å². The lowest BCUT2D eigenvalue weighted by Crippen LogP contribution is -2.49. The number of nitrogens with one attached hydrogen (secondary N) is 1. The van der Waals surface area contributed by atoms with Gasteiger partial charge in [0.25, 0.3) is 0 Å². The first-order valence-corrected chi connectivity index (χ1v) is 10.9. The number of amides is 2. The van der Waals surface area contributed by atoms with Crippen LogP contribution in [0.2, 0.25) is 0 Å². The van der Waals surface area contributed by atoms with E-state index < -0.39 is 6.04 Å². The zero-order valence-corrected chi connectivity index (χ0v) is 19.5. The lowest BCUT2D eigenvalue weighted by atomic mass is 10.0. The first-order valence-electron chi connectivity index (χ1n) is 10.1. The molecule has 0 saturated heterocycles. The fourth-order valence-electron chi connectivity index (χ4n) is 3.09. The van der Waals surface area contributed by atoms with Crippen molar-refractivity contribution in [2.45, 2.75) is 66.1 Å². The molecule has 0 aliphatic heterocycles. The molecule has 0 aliphatic carbocycles. The van der Waals surface area contributed by atoms with Crippen molar-refractivity contribution in [3.05, 3.63) is 69.2 Å². The third kappa shape index (κ3) is 6.70. The Bertz CT molecular complexity index is 848. The molecule has 1 N–H and O–H groups in total. The second-order valence-corrected chi connectivity index (χ2v) is 8.66. The van der Waals surface area contributed by atoms with Gasteiger partial charge < -0.3 is 10.2 Å². The highest BCUT2D eigenvalue weighted by atomic mass is 79.9. The number of halogens is 1. The average molecular weight is 459 g/mol. The van der Waals surface area contributed by atoms with E-state index >= 15 is 0 Å². The molecule has 0 spiro atoms. The van der Waals surface area contributed by atoms with Crippen LogP contribution in [0.25, 0.3) is 0 Å². The molecular weight excluding hydrogens is 428 g/mol. The van der Waals surface area contributed by atoms with Gasteiger partial charge in [-0.3, -0.25) is 9.59 Å². The summed E-state index contributed by atoms with van der Waals surface area (Å²) in [6.07, 6.45) is 1.13. The van der Waals surface area contributed by atoms with Gasteiger partial charge in [-0.15, -0.1) is 0 Å². The van der Waals surface area contributed by atoms with E-state index in [2.05, 4.69) is 27.3 Å². The summed E-state index contributed by atoms with van der Waals surface area (Å²) in [5, 5.41) is 3.00. The molecule has 2 amide bonds. The Morgan fingerprint density at radius 2 is 1.72 bits per heavy atom. The van der Waals surface area contributed by atoms with E-state index in [1.165, 1.54) is 0 Å². The summed E-state index contributed by atoms with van der Waals surface area (Å²) < 4.78 is 0.983. The van der Waals surface area contributed by atoms with Crippen molar-refractivity contribution in [1.82, 2.24) is 10.2 Å². The molecular formula is C24H31BrN2O2. The number of carbonyl (C=O) groups is 2. The minimum atomic E-state index is -0.551. The highest BCUT2D eigenvalue weighted by Gasteiger charge is 2.27. The van der Waals surface area contributed by atoms with Crippen molar-refractivity contribution in [3.8, 4) is 0 Å². The Labute approximate surface area is 182 Å². The first kappa shape index (κ1) is 23.1. The van der Waals surface area contributed by atoms with Gasteiger partial charge in [0.1, 0.15) is 6.04 Å². The lowest BCUT2D eigenvalue weighted by Gasteiger charge is -2.30. The molecule has 5 heteroatoms. The highest BCUT2D eigenvalue weighted by Crippen LogP contribution is 2.17. The van der Waals surface area contributed by atoms with E-state index in [0.717, 1.165) is 33.1 Å². The maximum atomic E-state index is 13.3. The smallest absolute Gasteiger partial charge is 0.242 e. The Hall–Kier alpha value is -2.14. The van der Waals surface area contributed by atoms with Crippen molar-refractivity contribution in [2.24, 2.45) is 0 Å². The number of aryl methyl sites for hydroxylation is 2. The van der Waals surface area contributed by atoms with E-state index in [-0.39, 0.29) is 24.3 Å². The van der Waals surface area contributed by atoms with Crippen molar-refractivity contribution in [2.75, 3.05) is 0 Å². The van der Waals surface area contributed by atoms with Crippen molar-refractivity contribution in [3.63, 3.8) is 0 Å². The van der Waals surface area contributed by atoms with Gasteiger partial charge in [0.15, 0.2) is 0 Å². The zero-order chi connectivity index (χ0) is 21.6. The van der Waals surface area contributed by atoms with Gasteiger partial charge in [0.05, 0.1) is 6.42 Å². The number of nitrogens with zero attached hydrogens (tertiary/aromatic N) is 1. The van der Waals surface area contributed by atoms with Crippen LogP contribution < -0.4 is 5.32 Å². The molecule has 0 bridgehead atoms. The number of hydrogen-bond acceptors (Lipinski definition) is 2. The number of benzene rings is 2. The van der Waals surface area contributed by atoms with E-state index in [1.807, 2.05) is 64.1 Å². The highest BCUT2D eigenvalue weighted by molar-refractivity contribution is 9.10. The summed E-state index contributed by atoms with van der Waals surface area (Å²) in [7, 11) is 0. The minimum Gasteiger partial charge on any atom is -0.352 e. The van der Waals surface area contributed by atoms with E-state index in [4.69, 9.17) is 0 Å². The average Bonchev–Trinajstić information content (AvgIpc) is 2.69. The maximum absolute atomic E-state index is 13.3. The molecule has 29 heavy (non-hydrogen) atoms.